The minimum Gasteiger partial charge on any atom is -0.388 e. The number of carbonyl (C=O) groups excluding carboxylic acids is 1. The zero-order valence-corrected chi connectivity index (χ0v) is 12.2. The Morgan fingerprint density at radius 2 is 2.00 bits per heavy atom. The van der Waals surface area contributed by atoms with E-state index in [1.165, 1.54) is 0 Å². The maximum absolute atomic E-state index is 12.4. The van der Waals surface area contributed by atoms with E-state index in [-0.39, 0.29) is 11.8 Å². The summed E-state index contributed by atoms with van der Waals surface area (Å²) in [6.07, 6.45) is 2.84. The van der Waals surface area contributed by atoms with Crippen molar-refractivity contribution in [2.24, 2.45) is 13.0 Å². The maximum Gasteiger partial charge on any atom is 0.229 e. The summed E-state index contributed by atoms with van der Waals surface area (Å²) in [5.74, 6) is -0.590. The third-order valence-electron chi connectivity index (χ3n) is 4.15. The van der Waals surface area contributed by atoms with Crippen molar-refractivity contribution in [3.63, 3.8) is 0 Å². The minimum absolute atomic E-state index is 0.0259. The molecule has 0 bridgehead atoms. The third kappa shape index (κ3) is 2.45. The van der Waals surface area contributed by atoms with Crippen LogP contribution in [0.1, 0.15) is 23.3 Å². The molecule has 3 unspecified atom stereocenters. The molecule has 1 aromatic heterocycles. The van der Waals surface area contributed by atoms with E-state index in [9.17, 15) is 9.90 Å². The van der Waals surface area contributed by atoms with Gasteiger partial charge >= 0.3 is 0 Å². The molecule has 1 saturated heterocycles. The number of aryl methyl sites for hydroxylation is 1. The van der Waals surface area contributed by atoms with Gasteiger partial charge in [0.2, 0.25) is 5.91 Å². The molecule has 1 aliphatic heterocycles. The van der Waals surface area contributed by atoms with Crippen LogP contribution in [-0.2, 0) is 11.8 Å². The number of likely N-dealkylation sites (tertiary alicyclic amines) is 1. The Labute approximate surface area is 123 Å². The van der Waals surface area contributed by atoms with Crippen LogP contribution in [0.4, 0.5) is 0 Å². The Balaban J connectivity index is 1.95. The van der Waals surface area contributed by atoms with Crippen molar-refractivity contribution in [1.29, 1.82) is 0 Å². The van der Waals surface area contributed by atoms with E-state index in [4.69, 9.17) is 0 Å². The summed E-state index contributed by atoms with van der Waals surface area (Å²) in [6, 6.07) is 9.35. The van der Waals surface area contributed by atoms with Crippen LogP contribution in [0.15, 0.2) is 42.9 Å². The SMILES string of the molecule is CN1CC(c2cn(C)cn2)C(C(O)c2ccccc2)C1=O. The van der Waals surface area contributed by atoms with Gasteiger partial charge < -0.3 is 14.6 Å². The normalized spacial score (nSPS) is 23.6. The van der Waals surface area contributed by atoms with Crippen LogP contribution in [0.5, 0.6) is 0 Å². The summed E-state index contributed by atoms with van der Waals surface area (Å²) < 4.78 is 1.87. The number of hydrogen-bond donors (Lipinski definition) is 1. The lowest BCUT2D eigenvalue weighted by Gasteiger charge is -2.21. The summed E-state index contributed by atoms with van der Waals surface area (Å²) in [4.78, 5) is 18.5. The largest absolute Gasteiger partial charge is 0.388 e. The summed E-state index contributed by atoms with van der Waals surface area (Å²) in [7, 11) is 3.68. The highest BCUT2D eigenvalue weighted by Crippen LogP contribution is 2.40. The van der Waals surface area contributed by atoms with Gasteiger partial charge in [-0.25, -0.2) is 4.98 Å². The molecule has 110 valence electrons. The molecule has 1 aromatic carbocycles. The quantitative estimate of drug-likeness (QED) is 0.925. The van der Waals surface area contributed by atoms with E-state index in [1.54, 1.807) is 18.3 Å². The number of imidazole rings is 1. The standard InChI is InChI=1S/C16H19N3O2/c1-18-9-13(17-10-18)12-8-19(2)16(21)14(12)15(20)11-6-4-3-5-7-11/h3-7,9-10,12,14-15,20H,8H2,1-2H3. The molecular formula is C16H19N3O2. The van der Waals surface area contributed by atoms with Gasteiger partial charge in [-0.15, -0.1) is 0 Å². The molecule has 1 fully saturated rings. The van der Waals surface area contributed by atoms with Crippen molar-refractivity contribution in [3.05, 3.63) is 54.1 Å². The Hall–Kier alpha value is -2.14. The monoisotopic (exact) mass is 285 g/mol. The summed E-state index contributed by atoms with van der Waals surface area (Å²) in [6.45, 7) is 0.588. The molecule has 5 heteroatoms. The van der Waals surface area contributed by atoms with Crippen molar-refractivity contribution in [2.75, 3.05) is 13.6 Å². The maximum atomic E-state index is 12.4. The number of aliphatic hydroxyl groups excluding tert-OH is 1. The molecule has 0 aliphatic carbocycles. The number of carbonyl (C=O) groups is 1. The Kier molecular flexibility index (Phi) is 3.51. The van der Waals surface area contributed by atoms with Gasteiger partial charge in [-0.2, -0.15) is 0 Å². The molecule has 1 aliphatic rings. The predicted molar refractivity (Wildman–Crippen MR) is 78.5 cm³/mol. The summed E-state index contributed by atoms with van der Waals surface area (Å²) in [5.41, 5.74) is 1.63. The molecule has 3 rings (SSSR count). The van der Waals surface area contributed by atoms with E-state index in [0.717, 1.165) is 11.3 Å². The predicted octanol–water partition coefficient (Wildman–Crippen LogP) is 1.33. The van der Waals surface area contributed by atoms with Crippen LogP contribution in [-0.4, -0.2) is 39.1 Å². The van der Waals surface area contributed by atoms with Crippen LogP contribution in [0.3, 0.4) is 0 Å². The summed E-state index contributed by atoms with van der Waals surface area (Å²) >= 11 is 0. The second-order valence-corrected chi connectivity index (χ2v) is 5.67. The van der Waals surface area contributed by atoms with Crippen molar-refractivity contribution >= 4 is 5.91 Å². The minimum atomic E-state index is -0.810. The molecule has 21 heavy (non-hydrogen) atoms. The highest BCUT2D eigenvalue weighted by atomic mass is 16.3. The fraction of sp³-hybridized carbons (Fsp3) is 0.375. The average molecular weight is 285 g/mol. The Morgan fingerprint density at radius 1 is 1.29 bits per heavy atom. The Morgan fingerprint density at radius 3 is 2.62 bits per heavy atom. The average Bonchev–Trinajstić information content (AvgIpc) is 3.04. The van der Waals surface area contributed by atoms with Gasteiger partial charge in [0.05, 0.1) is 24.0 Å². The van der Waals surface area contributed by atoms with E-state index >= 15 is 0 Å². The van der Waals surface area contributed by atoms with Gasteiger partial charge in [0.1, 0.15) is 0 Å². The van der Waals surface area contributed by atoms with Gasteiger partial charge in [0.25, 0.3) is 0 Å². The second kappa shape index (κ2) is 5.33. The van der Waals surface area contributed by atoms with Crippen molar-refractivity contribution < 1.29 is 9.90 Å². The van der Waals surface area contributed by atoms with Crippen molar-refractivity contribution in [2.45, 2.75) is 12.0 Å². The number of aliphatic hydroxyl groups is 1. The van der Waals surface area contributed by atoms with Crippen LogP contribution >= 0.6 is 0 Å². The van der Waals surface area contributed by atoms with Gasteiger partial charge in [0.15, 0.2) is 0 Å². The number of aromatic nitrogens is 2. The Bertz CT molecular complexity index is 638. The lowest BCUT2D eigenvalue weighted by molar-refractivity contribution is -0.133. The topological polar surface area (TPSA) is 58.4 Å². The van der Waals surface area contributed by atoms with E-state index < -0.39 is 12.0 Å². The van der Waals surface area contributed by atoms with Crippen molar-refractivity contribution in [3.8, 4) is 0 Å². The highest BCUT2D eigenvalue weighted by molar-refractivity contribution is 5.83. The molecule has 2 aromatic rings. The van der Waals surface area contributed by atoms with Crippen molar-refractivity contribution in [1.82, 2.24) is 14.5 Å². The number of hydrogen-bond acceptors (Lipinski definition) is 3. The number of benzene rings is 1. The first-order valence-corrected chi connectivity index (χ1v) is 7.04. The molecule has 1 N–H and O–H groups in total. The molecule has 0 spiro atoms. The number of rotatable bonds is 3. The molecule has 2 heterocycles. The molecular weight excluding hydrogens is 266 g/mol. The van der Waals surface area contributed by atoms with Gasteiger partial charge in [-0.3, -0.25) is 4.79 Å². The second-order valence-electron chi connectivity index (χ2n) is 5.67. The first-order valence-electron chi connectivity index (χ1n) is 7.04. The fourth-order valence-electron chi connectivity index (χ4n) is 3.04. The molecule has 3 atom stereocenters. The first-order chi connectivity index (χ1) is 10.1. The lowest BCUT2D eigenvalue weighted by atomic mass is 9.85. The van der Waals surface area contributed by atoms with Gasteiger partial charge in [-0.1, -0.05) is 30.3 Å². The highest BCUT2D eigenvalue weighted by Gasteiger charge is 2.45. The van der Waals surface area contributed by atoms with Crippen LogP contribution < -0.4 is 0 Å². The van der Waals surface area contributed by atoms with E-state index in [0.29, 0.717) is 6.54 Å². The van der Waals surface area contributed by atoms with Gasteiger partial charge in [0, 0.05) is 32.8 Å². The van der Waals surface area contributed by atoms with Crippen LogP contribution in [0, 0.1) is 5.92 Å². The molecule has 0 radical (unpaired) electrons. The first kappa shape index (κ1) is 13.8. The van der Waals surface area contributed by atoms with Crippen LogP contribution in [0.2, 0.25) is 0 Å². The lowest BCUT2D eigenvalue weighted by Crippen LogP contribution is -2.27. The third-order valence-corrected chi connectivity index (χ3v) is 4.15. The number of amides is 1. The summed E-state index contributed by atoms with van der Waals surface area (Å²) in [5, 5.41) is 10.7. The zero-order valence-electron chi connectivity index (χ0n) is 12.2. The molecule has 0 saturated carbocycles. The number of nitrogens with zero attached hydrogens (tertiary/aromatic N) is 3. The van der Waals surface area contributed by atoms with E-state index in [1.807, 2.05) is 48.1 Å². The molecule has 5 nitrogen and oxygen atoms in total. The zero-order chi connectivity index (χ0) is 15.0. The smallest absolute Gasteiger partial charge is 0.229 e. The van der Waals surface area contributed by atoms with E-state index in [2.05, 4.69) is 4.98 Å². The number of likely N-dealkylation sites (N-methyl/N-ethyl adjacent to an activating group) is 1. The molecule has 1 amide bonds. The van der Waals surface area contributed by atoms with Gasteiger partial charge in [-0.05, 0) is 5.56 Å². The fourth-order valence-corrected chi connectivity index (χ4v) is 3.04. The van der Waals surface area contributed by atoms with Crippen LogP contribution in [0.25, 0.3) is 0 Å².